The second-order valence-electron chi connectivity index (χ2n) is 3.92. The van der Waals surface area contributed by atoms with Gasteiger partial charge in [0.1, 0.15) is 5.76 Å². The van der Waals surface area contributed by atoms with Gasteiger partial charge in [-0.15, -0.1) is 0 Å². The Hall–Kier alpha value is -1.54. The predicted octanol–water partition coefficient (Wildman–Crippen LogP) is 3.20. The fourth-order valence-corrected chi connectivity index (χ4v) is 1.69. The highest BCUT2D eigenvalue weighted by Gasteiger charge is 2.07. The van der Waals surface area contributed by atoms with E-state index in [1.807, 2.05) is 18.4 Å². The fraction of sp³-hybridized carbons (Fsp3) is 0.286. The molecule has 84 valence electrons. The summed E-state index contributed by atoms with van der Waals surface area (Å²) in [6, 6.07) is 8.19. The molecule has 2 heteroatoms. The van der Waals surface area contributed by atoms with Crippen molar-refractivity contribution in [2.24, 2.45) is 5.73 Å². The van der Waals surface area contributed by atoms with Gasteiger partial charge >= 0.3 is 0 Å². The molecule has 0 atom stereocenters. The molecule has 0 unspecified atom stereocenters. The minimum Gasteiger partial charge on any atom is -0.465 e. The van der Waals surface area contributed by atoms with E-state index in [9.17, 15) is 0 Å². The lowest BCUT2D eigenvalue weighted by Crippen LogP contribution is -1.98. The van der Waals surface area contributed by atoms with Gasteiger partial charge in [-0.25, -0.2) is 0 Å². The van der Waals surface area contributed by atoms with Crippen molar-refractivity contribution in [3.05, 3.63) is 53.3 Å². The van der Waals surface area contributed by atoms with Crippen LogP contribution in [0, 0.1) is 0 Å². The third-order valence-electron chi connectivity index (χ3n) is 2.83. The summed E-state index contributed by atoms with van der Waals surface area (Å²) in [6.07, 6.45) is 6.04. The number of hydrogen-bond acceptors (Lipinski definition) is 2. The molecular weight excluding hydrogens is 198 g/mol. The van der Waals surface area contributed by atoms with Gasteiger partial charge in [0.25, 0.3) is 0 Å². The summed E-state index contributed by atoms with van der Waals surface area (Å²) in [5, 5.41) is 0. The zero-order valence-electron chi connectivity index (χ0n) is 9.57. The molecule has 2 nitrogen and oxygen atoms in total. The molecule has 2 rings (SSSR count). The van der Waals surface area contributed by atoms with Crippen LogP contribution in [0.25, 0.3) is 5.76 Å². The quantitative estimate of drug-likeness (QED) is 0.840. The van der Waals surface area contributed by atoms with Gasteiger partial charge in [0.15, 0.2) is 0 Å². The first-order valence-corrected chi connectivity index (χ1v) is 5.67. The third-order valence-corrected chi connectivity index (χ3v) is 2.83. The van der Waals surface area contributed by atoms with E-state index in [-0.39, 0.29) is 0 Å². The lowest BCUT2D eigenvalue weighted by molar-refractivity contribution is 0.419. The monoisotopic (exact) mass is 215 g/mol. The first-order valence-electron chi connectivity index (χ1n) is 5.67. The van der Waals surface area contributed by atoms with Gasteiger partial charge in [0.2, 0.25) is 0 Å². The smallest absolute Gasteiger partial charge is 0.130 e. The number of ether oxygens (including phenoxy) is 1. The summed E-state index contributed by atoms with van der Waals surface area (Å²) in [6.45, 7) is 2.73. The van der Waals surface area contributed by atoms with Crippen LogP contribution in [0.4, 0.5) is 0 Å². The molecule has 0 fully saturated rings. The molecule has 0 amide bonds. The molecule has 0 saturated carbocycles. The van der Waals surface area contributed by atoms with Gasteiger partial charge in [-0.1, -0.05) is 31.2 Å². The Morgan fingerprint density at radius 3 is 2.50 bits per heavy atom. The molecule has 16 heavy (non-hydrogen) atoms. The Labute approximate surface area is 96.4 Å². The number of nitrogens with two attached hydrogens (primary N) is 1. The Morgan fingerprint density at radius 2 is 2.00 bits per heavy atom. The molecule has 0 radical (unpaired) electrons. The molecule has 0 aliphatic carbocycles. The average molecular weight is 215 g/mol. The largest absolute Gasteiger partial charge is 0.465 e. The zero-order chi connectivity index (χ0) is 11.4. The Balaban J connectivity index is 2.11. The highest BCUT2D eigenvalue weighted by atomic mass is 16.5. The topological polar surface area (TPSA) is 35.2 Å². The van der Waals surface area contributed by atoms with Crippen molar-refractivity contribution in [1.82, 2.24) is 0 Å². The summed E-state index contributed by atoms with van der Waals surface area (Å²) in [7, 11) is 0. The maximum atomic E-state index is 5.61. The molecule has 1 aromatic carbocycles. The molecule has 0 aromatic heterocycles. The maximum Gasteiger partial charge on any atom is 0.130 e. The van der Waals surface area contributed by atoms with E-state index in [2.05, 4.69) is 25.1 Å². The van der Waals surface area contributed by atoms with E-state index in [0.717, 1.165) is 29.7 Å². The fourth-order valence-electron chi connectivity index (χ4n) is 1.69. The summed E-state index contributed by atoms with van der Waals surface area (Å²) in [5.41, 5.74) is 9.15. The standard InChI is InChI=1S/C14H17NO/c1-2-11-5-8-14(16-10-11)13-6-3-12(9-15)4-7-13/h3-4,6-8,10H,2,5,9,15H2,1H3. The number of benzene rings is 1. The van der Waals surface area contributed by atoms with E-state index >= 15 is 0 Å². The Kier molecular flexibility index (Phi) is 3.42. The predicted molar refractivity (Wildman–Crippen MR) is 66.4 cm³/mol. The zero-order valence-corrected chi connectivity index (χ0v) is 9.57. The van der Waals surface area contributed by atoms with E-state index in [0.29, 0.717) is 6.54 Å². The SMILES string of the molecule is CCC1=COC(c2ccc(CN)cc2)=CC1. The van der Waals surface area contributed by atoms with Crippen LogP contribution in [0.1, 0.15) is 30.9 Å². The van der Waals surface area contributed by atoms with Crippen LogP contribution in [-0.4, -0.2) is 0 Å². The van der Waals surface area contributed by atoms with Crippen LogP contribution in [0.2, 0.25) is 0 Å². The van der Waals surface area contributed by atoms with E-state index in [1.54, 1.807) is 0 Å². The summed E-state index contributed by atoms with van der Waals surface area (Å²) < 4.78 is 5.61. The van der Waals surface area contributed by atoms with Crippen molar-refractivity contribution in [3.8, 4) is 0 Å². The summed E-state index contributed by atoms with van der Waals surface area (Å²) in [5.74, 6) is 0.945. The lowest BCUT2D eigenvalue weighted by Gasteiger charge is -2.14. The summed E-state index contributed by atoms with van der Waals surface area (Å²) in [4.78, 5) is 0. The van der Waals surface area contributed by atoms with Crippen LogP contribution < -0.4 is 5.73 Å². The minimum absolute atomic E-state index is 0.583. The Morgan fingerprint density at radius 1 is 1.25 bits per heavy atom. The molecule has 0 spiro atoms. The second kappa shape index (κ2) is 4.99. The first-order chi connectivity index (χ1) is 7.83. The van der Waals surface area contributed by atoms with Crippen molar-refractivity contribution in [2.75, 3.05) is 0 Å². The number of rotatable bonds is 3. The molecular formula is C14H17NO. The van der Waals surface area contributed by atoms with Gasteiger partial charge in [-0.05, 0) is 30.1 Å². The molecule has 0 bridgehead atoms. The van der Waals surface area contributed by atoms with Crippen LogP contribution in [0.3, 0.4) is 0 Å². The van der Waals surface area contributed by atoms with Crippen molar-refractivity contribution < 1.29 is 4.74 Å². The van der Waals surface area contributed by atoms with Crippen molar-refractivity contribution in [3.63, 3.8) is 0 Å². The number of allylic oxidation sites excluding steroid dienone is 2. The first kappa shape index (κ1) is 11.0. The van der Waals surface area contributed by atoms with Gasteiger partial charge in [-0.2, -0.15) is 0 Å². The van der Waals surface area contributed by atoms with Crippen LogP contribution in [-0.2, 0) is 11.3 Å². The van der Waals surface area contributed by atoms with Crippen molar-refractivity contribution in [2.45, 2.75) is 26.3 Å². The normalized spacial score (nSPS) is 15.1. The van der Waals surface area contributed by atoms with Gasteiger partial charge in [0, 0.05) is 12.1 Å². The molecule has 2 N–H and O–H groups in total. The molecule has 1 aliphatic rings. The van der Waals surface area contributed by atoms with Crippen LogP contribution in [0.5, 0.6) is 0 Å². The second-order valence-corrected chi connectivity index (χ2v) is 3.92. The highest BCUT2D eigenvalue weighted by Crippen LogP contribution is 2.24. The third kappa shape index (κ3) is 2.34. The maximum absolute atomic E-state index is 5.61. The summed E-state index contributed by atoms with van der Waals surface area (Å²) >= 11 is 0. The molecule has 1 aromatic rings. The van der Waals surface area contributed by atoms with Gasteiger partial charge in [-0.3, -0.25) is 0 Å². The van der Waals surface area contributed by atoms with Crippen LogP contribution >= 0.6 is 0 Å². The van der Waals surface area contributed by atoms with E-state index in [1.165, 1.54) is 5.57 Å². The van der Waals surface area contributed by atoms with Crippen molar-refractivity contribution >= 4 is 5.76 Å². The highest BCUT2D eigenvalue weighted by molar-refractivity contribution is 5.61. The minimum atomic E-state index is 0.583. The van der Waals surface area contributed by atoms with E-state index in [4.69, 9.17) is 10.5 Å². The average Bonchev–Trinajstić information content (AvgIpc) is 2.39. The molecule has 1 aliphatic heterocycles. The number of hydrogen-bond donors (Lipinski definition) is 1. The molecule has 0 saturated heterocycles. The Bertz CT molecular complexity index is 415. The van der Waals surface area contributed by atoms with Crippen LogP contribution in [0.15, 0.2) is 42.2 Å². The van der Waals surface area contributed by atoms with Crippen molar-refractivity contribution in [1.29, 1.82) is 0 Å². The lowest BCUT2D eigenvalue weighted by atomic mass is 10.1. The van der Waals surface area contributed by atoms with Gasteiger partial charge in [0.05, 0.1) is 6.26 Å². The molecule has 1 heterocycles. The van der Waals surface area contributed by atoms with E-state index < -0.39 is 0 Å². The van der Waals surface area contributed by atoms with Gasteiger partial charge < -0.3 is 10.5 Å².